The number of hydrogen-bond acceptors (Lipinski definition) is 4. The van der Waals surface area contributed by atoms with Crippen LogP contribution < -0.4 is 24.8 Å². The Hall–Kier alpha value is -0.111. The summed E-state index contributed by atoms with van der Waals surface area (Å²) in [5.74, 6) is -2.44. The fraction of sp³-hybridized carbons (Fsp3) is 0.750. The molecule has 0 bridgehead atoms. The summed E-state index contributed by atoms with van der Waals surface area (Å²) in [6.07, 6.45) is 0. The number of nitrogens with one attached hydrogen (secondary N) is 4. The van der Waals surface area contributed by atoms with E-state index in [1.807, 2.05) is 0 Å². The Morgan fingerprint density at radius 2 is 0.464 bits per heavy atom. The van der Waals surface area contributed by atoms with Crippen LogP contribution in [0.5, 0.6) is 0 Å². The van der Waals surface area contributed by atoms with Crippen LogP contribution in [0.25, 0.3) is 22.9 Å². The van der Waals surface area contributed by atoms with Crippen LogP contribution in [-0.2, 0) is 62.6 Å². The standard InChI is InChI=1S/4C4H9NO.2ClH.2Ti/c4*1-3(2)4(5)6;;;;/h4*3H,1-2H3,(H2,5,6);2*1H;;/q;;;;;;2*+3/p-6. The normalized spacial score (nSPS) is 7.86. The van der Waals surface area contributed by atoms with Gasteiger partial charge in [-0.1, -0.05) is 55.4 Å². The first kappa shape index (κ1) is 51.0. The van der Waals surface area contributed by atoms with Crippen molar-refractivity contribution < 1.29 is 87.4 Å². The molecule has 0 aliphatic rings. The number of amides is 4. The van der Waals surface area contributed by atoms with E-state index >= 15 is 0 Å². The van der Waals surface area contributed by atoms with Gasteiger partial charge in [-0.3, -0.25) is 0 Å². The predicted molar refractivity (Wildman–Crippen MR) is 96.7 cm³/mol. The monoisotopic (exact) mass is 510 g/mol. The van der Waals surface area contributed by atoms with Crippen molar-refractivity contribution in [3.63, 3.8) is 0 Å². The van der Waals surface area contributed by atoms with Crippen LogP contribution in [0.2, 0.25) is 0 Å². The van der Waals surface area contributed by atoms with E-state index in [1.165, 1.54) is 0 Å². The van der Waals surface area contributed by atoms with Gasteiger partial charge in [0.1, 0.15) is 0 Å². The number of carbonyl (C=O) groups is 4. The number of hydrogen-bond donors (Lipinski definition) is 0. The first-order chi connectivity index (χ1) is 10.6. The SMILES string of the molecule is CC(C)C([NH-])=O.CC(C)C([NH-])=O.CC(C)C([NH-])=O.CC(C)C([NH-])=O.[Cl-].[Cl-].[Ti+3].[Ti+3]. The minimum absolute atomic E-state index is 0. The Morgan fingerprint density at radius 1 is 0.429 bits per heavy atom. The second-order valence-electron chi connectivity index (χ2n) is 6.08. The smallest absolute Gasteiger partial charge is 1.00 e. The Bertz CT molecular complexity index is 327. The van der Waals surface area contributed by atoms with Gasteiger partial charge in [-0.15, -0.1) is 0 Å². The van der Waals surface area contributed by atoms with Gasteiger partial charge in [0, 0.05) is 0 Å². The van der Waals surface area contributed by atoms with Gasteiger partial charge in [-0.05, 0) is 23.7 Å². The van der Waals surface area contributed by atoms with Crippen molar-refractivity contribution in [3.05, 3.63) is 22.9 Å². The topological polar surface area (TPSA) is 163 Å². The number of carbonyl (C=O) groups excluding carboxylic acids is 4. The largest absolute Gasteiger partial charge is 3.00 e. The van der Waals surface area contributed by atoms with E-state index in [9.17, 15) is 19.2 Å². The molecule has 0 atom stereocenters. The molecular formula is C16H32Cl2N4O4Ti2. The predicted octanol–water partition coefficient (Wildman–Crippen LogP) is -1.11. The molecule has 12 heteroatoms. The van der Waals surface area contributed by atoms with E-state index in [1.54, 1.807) is 55.4 Å². The average molecular weight is 511 g/mol. The maximum Gasteiger partial charge on any atom is 3.00 e. The van der Waals surface area contributed by atoms with Crippen molar-refractivity contribution in [2.24, 2.45) is 23.7 Å². The molecule has 0 aromatic rings. The third kappa shape index (κ3) is 63.5. The summed E-state index contributed by atoms with van der Waals surface area (Å²) in [4.78, 5) is 39.2. The first-order valence-corrected chi connectivity index (χ1v) is 7.59. The number of halogens is 2. The van der Waals surface area contributed by atoms with Crippen molar-refractivity contribution in [1.82, 2.24) is 0 Å². The van der Waals surface area contributed by atoms with Gasteiger partial charge in [-0.2, -0.15) is 0 Å². The molecule has 0 heterocycles. The fourth-order valence-electron chi connectivity index (χ4n) is 0. The summed E-state index contributed by atoms with van der Waals surface area (Å²) in [5, 5.41) is 0. The van der Waals surface area contributed by atoms with Gasteiger partial charge in [0.2, 0.25) is 0 Å². The molecule has 2 radical (unpaired) electrons. The van der Waals surface area contributed by atoms with Crippen LogP contribution in [0.3, 0.4) is 0 Å². The average Bonchev–Trinajstić information content (AvgIpc) is 2.40. The first-order valence-electron chi connectivity index (χ1n) is 7.59. The summed E-state index contributed by atoms with van der Waals surface area (Å²) < 4.78 is 0. The third-order valence-electron chi connectivity index (χ3n) is 2.10. The van der Waals surface area contributed by atoms with Gasteiger partial charge in [0.05, 0.1) is 23.6 Å². The van der Waals surface area contributed by atoms with Crippen LogP contribution >= 0.6 is 0 Å². The molecule has 0 rings (SSSR count). The Kier molecular flexibility index (Phi) is 57.5. The molecular weight excluding hydrogens is 479 g/mol. The van der Waals surface area contributed by atoms with Crippen LogP contribution in [0.15, 0.2) is 0 Å². The van der Waals surface area contributed by atoms with E-state index in [2.05, 4.69) is 0 Å². The van der Waals surface area contributed by atoms with E-state index in [4.69, 9.17) is 22.9 Å². The van der Waals surface area contributed by atoms with Crippen molar-refractivity contribution in [1.29, 1.82) is 0 Å². The van der Waals surface area contributed by atoms with Crippen molar-refractivity contribution in [2.75, 3.05) is 0 Å². The fourth-order valence-corrected chi connectivity index (χ4v) is 0. The summed E-state index contributed by atoms with van der Waals surface area (Å²) in [5.41, 5.74) is 25.6. The Balaban J connectivity index is -0.0000000303. The van der Waals surface area contributed by atoms with E-state index in [-0.39, 0.29) is 91.9 Å². The van der Waals surface area contributed by atoms with Gasteiger partial charge in [0.15, 0.2) is 0 Å². The van der Waals surface area contributed by atoms with Gasteiger partial charge >= 0.3 is 43.4 Å². The maximum absolute atomic E-state index is 9.81. The zero-order valence-corrected chi connectivity index (χ0v) is 22.3. The van der Waals surface area contributed by atoms with Crippen molar-refractivity contribution >= 4 is 23.6 Å². The molecule has 28 heavy (non-hydrogen) atoms. The van der Waals surface area contributed by atoms with Crippen LogP contribution in [0.4, 0.5) is 0 Å². The maximum atomic E-state index is 9.81. The molecule has 8 nitrogen and oxygen atoms in total. The molecule has 4 N–H and O–H groups in total. The second kappa shape index (κ2) is 31.6. The Labute approximate surface area is 212 Å². The molecule has 0 aromatic carbocycles. The van der Waals surface area contributed by atoms with Gasteiger partial charge < -0.3 is 66.9 Å². The second-order valence-corrected chi connectivity index (χ2v) is 6.08. The van der Waals surface area contributed by atoms with E-state index in [0.29, 0.717) is 0 Å². The molecule has 0 saturated carbocycles. The third-order valence-corrected chi connectivity index (χ3v) is 2.10. The molecule has 0 spiro atoms. The quantitative estimate of drug-likeness (QED) is 0.438. The minimum atomic E-state index is -0.491. The summed E-state index contributed by atoms with van der Waals surface area (Å²) in [7, 11) is 0. The zero-order valence-electron chi connectivity index (χ0n) is 17.7. The van der Waals surface area contributed by atoms with E-state index < -0.39 is 23.6 Å². The van der Waals surface area contributed by atoms with Gasteiger partial charge in [0.25, 0.3) is 0 Å². The van der Waals surface area contributed by atoms with Crippen LogP contribution in [-0.4, -0.2) is 23.6 Å². The van der Waals surface area contributed by atoms with E-state index in [0.717, 1.165) is 0 Å². The summed E-state index contributed by atoms with van der Waals surface area (Å²) in [6, 6.07) is 0. The molecule has 0 fully saturated rings. The molecule has 0 aromatic heterocycles. The number of rotatable bonds is 4. The van der Waals surface area contributed by atoms with Crippen LogP contribution in [0.1, 0.15) is 55.4 Å². The molecule has 0 saturated heterocycles. The molecule has 162 valence electrons. The van der Waals surface area contributed by atoms with Crippen molar-refractivity contribution in [3.8, 4) is 0 Å². The Morgan fingerprint density at radius 3 is 0.464 bits per heavy atom. The summed E-state index contributed by atoms with van der Waals surface area (Å²) >= 11 is 0. The summed E-state index contributed by atoms with van der Waals surface area (Å²) in [6.45, 7) is 13.6. The molecule has 0 unspecified atom stereocenters. The minimum Gasteiger partial charge on any atom is -1.00 e. The molecule has 0 aliphatic carbocycles. The molecule has 4 amide bonds. The van der Waals surface area contributed by atoms with Crippen LogP contribution in [0, 0.1) is 23.7 Å². The van der Waals surface area contributed by atoms with Gasteiger partial charge in [-0.25, -0.2) is 0 Å². The molecule has 0 aliphatic heterocycles. The van der Waals surface area contributed by atoms with Crippen molar-refractivity contribution in [2.45, 2.75) is 55.4 Å². The zero-order chi connectivity index (χ0) is 20.6.